The normalized spacial score (nSPS) is 11.5. The summed E-state index contributed by atoms with van der Waals surface area (Å²) < 4.78 is 65.4. The van der Waals surface area contributed by atoms with Crippen LogP contribution in [0.15, 0.2) is 6.20 Å². The molecular formula is C9H5F5N2O5. The lowest BCUT2D eigenvalue weighted by molar-refractivity contribution is -0.391. The minimum Gasteiger partial charge on any atom is -0.481 e. The first-order chi connectivity index (χ1) is 9.53. The number of hydrogen-bond acceptors (Lipinski definition) is 5. The van der Waals surface area contributed by atoms with E-state index in [-0.39, 0.29) is 6.20 Å². The van der Waals surface area contributed by atoms with Crippen LogP contribution < -0.4 is 4.74 Å². The van der Waals surface area contributed by atoms with Gasteiger partial charge in [0.2, 0.25) is 0 Å². The number of rotatable bonds is 5. The Morgan fingerprint density at radius 2 is 2.05 bits per heavy atom. The van der Waals surface area contributed by atoms with E-state index < -0.39 is 52.8 Å². The minimum absolute atomic E-state index is 0.176. The van der Waals surface area contributed by atoms with Crippen LogP contribution >= 0.6 is 0 Å². The molecule has 12 heteroatoms. The molecule has 1 N–H and O–H groups in total. The van der Waals surface area contributed by atoms with E-state index in [1.807, 2.05) is 0 Å². The lowest BCUT2D eigenvalue weighted by Crippen LogP contribution is -2.20. The standard InChI is InChI=1S/C9H5F5N2O5/c10-7(11)6-3(1-5(17)18)4(21-9(12,13)14)2-15-8(6)16(19)20/h2,7H,1H2,(H,17,18). The molecule has 0 saturated carbocycles. The highest BCUT2D eigenvalue weighted by Crippen LogP contribution is 2.37. The molecule has 0 aliphatic rings. The van der Waals surface area contributed by atoms with Crippen LogP contribution in [0.1, 0.15) is 17.6 Å². The number of pyridine rings is 1. The average molecular weight is 316 g/mol. The maximum absolute atomic E-state index is 12.8. The van der Waals surface area contributed by atoms with Crippen molar-refractivity contribution in [3.05, 3.63) is 27.4 Å². The fourth-order valence-corrected chi connectivity index (χ4v) is 1.46. The molecular weight excluding hydrogens is 311 g/mol. The third-order valence-electron chi connectivity index (χ3n) is 2.11. The maximum Gasteiger partial charge on any atom is 0.573 e. The van der Waals surface area contributed by atoms with Crippen molar-refractivity contribution < 1.29 is 41.5 Å². The Bertz CT molecular complexity index is 574. The van der Waals surface area contributed by atoms with Crippen LogP contribution in [0.25, 0.3) is 0 Å². The van der Waals surface area contributed by atoms with Crippen molar-refractivity contribution in [2.75, 3.05) is 0 Å². The third-order valence-corrected chi connectivity index (χ3v) is 2.11. The molecule has 0 atom stereocenters. The lowest BCUT2D eigenvalue weighted by atomic mass is 10.1. The van der Waals surface area contributed by atoms with Crippen LogP contribution in [0, 0.1) is 10.1 Å². The molecule has 0 amide bonds. The van der Waals surface area contributed by atoms with Gasteiger partial charge in [0, 0.05) is 5.56 Å². The summed E-state index contributed by atoms with van der Waals surface area (Å²) in [4.78, 5) is 22.6. The Labute approximate surface area is 112 Å². The Morgan fingerprint density at radius 1 is 1.48 bits per heavy atom. The molecule has 21 heavy (non-hydrogen) atoms. The number of carbonyl (C=O) groups is 1. The summed E-state index contributed by atoms with van der Waals surface area (Å²) in [6.07, 6.45) is -10.1. The van der Waals surface area contributed by atoms with Crippen LogP contribution in [0.3, 0.4) is 0 Å². The first-order valence-electron chi connectivity index (χ1n) is 4.94. The van der Waals surface area contributed by atoms with Crippen LogP contribution in [-0.2, 0) is 11.2 Å². The number of ether oxygens (including phenoxy) is 1. The monoisotopic (exact) mass is 316 g/mol. The predicted octanol–water partition coefficient (Wildman–Crippen LogP) is 2.45. The zero-order chi connectivity index (χ0) is 16.4. The molecule has 0 aliphatic carbocycles. The van der Waals surface area contributed by atoms with Gasteiger partial charge in [-0.15, -0.1) is 13.2 Å². The summed E-state index contributed by atoms with van der Waals surface area (Å²) in [5.41, 5.74) is -2.68. The van der Waals surface area contributed by atoms with Gasteiger partial charge in [0.15, 0.2) is 11.9 Å². The molecule has 0 fully saturated rings. The molecule has 7 nitrogen and oxygen atoms in total. The molecule has 0 spiro atoms. The number of nitro groups is 1. The van der Waals surface area contributed by atoms with Crippen LogP contribution in [-0.4, -0.2) is 27.3 Å². The van der Waals surface area contributed by atoms with Crippen molar-refractivity contribution in [2.24, 2.45) is 0 Å². The first kappa shape index (κ1) is 16.5. The van der Waals surface area contributed by atoms with Gasteiger partial charge >= 0.3 is 18.1 Å². The van der Waals surface area contributed by atoms with Crippen molar-refractivity contribution in [3.63, 3.8) is 0 Å². The predicted molar refractivity (Wildman–Crippen MR) is 53.9 cm³/mol. The topological polar surface area (TPSA) is 103 Å². The Morgan fingerprint density at radius 3 is 2.43 bits per heavy atom. The summed E-state index contributed by atoms with van der Waals surface area (Å²) >= 11 is 0. The van der Waals surface area contributed by atoms with E-state index in [4.69, 9.17) is 5.11 Å². The van der Waals surface area contributed by atoms with Gasteiger partial charge in [-0.05, 0) is 9.91 Å². The van der Waals surface area contributed by atoms with Gasteiger partial charge in [0.1, 0.15) is 5.56 Å². The van der Waals surface area contributed by atoms with Crippen molar-refractivity contribution in [1.29, 1.82) is 0 Å². The molecule has 1 rings (SSSR count). The fourth-order valence-electron chi connectivity index (χ4n) is 1.46. The van der Waals surface area contributed by atoms with Crippen molar-refractivity contribution in [3.8, 4) is 5.75 Å². The second kappa shape index (κ2) is 5.85. The van der Waals surface area contributed by atoms with Gasteiger partial charge in [0.05, 0.1) is 6.42 Å². The van der Waals surface area contributed by atoms with Gasteiger partial charge in [-0.1, -0.05) is 0 Å². The number of nitrogens with zero attached hydrogens (tertiary/aromatic N) is 2. The van der Waals surface area contributed by atoms with Gasteiger partial charge in [-0.25, -0.2) is 8.78 Å². The number of alkyl halides is 5. The van der Waals surface area contributed by atoms with Crippen molar-refractivity contribution in [1.82, 2.24) is 4.98 Å². The lowest BCUT2D eigenvalue weighted by Gasteiger charge is -2.14. The van der Waals surface area contributed by atoms with E-state index >= 15 is 0 Å². The highest BCUT2D eigenvalue weighted by molar-refractivity contribution is 5.73. The molecule has 0 unspecified atom stereocenters. The third kappa shape index (κ3) is 4.22. The number of hydrogen-bond donors (Lipinski definition) is 1. The van der Waals surface area contributed by atoms with Gasteiger partial charge in [-0.2, -0.15) is 0 Å². The summed E-state index contributed by atoms with van der Waals surface area (Å²) in [5, 5.41) is 19.1. The quantitative estimate of drug-likeness (QED) is 0.508. The van der Waals surface area contributed by atoms with Crippen molar-refractivity contribution in [2.45, 2.75) is 19.2 Å². The molecule has 1 aromatic rings. The molecule has 1 aromatic heterocycles. The summed E-state index contributed by atoms with van der Waals surface area (Å²) in [6, 6.07) is 0. The summed E-state index contributed by atoms with van der Waals surface area (Å²) in [5.74, 6) is -4.54. The number of aliphatic carboxylic acids is 1. The van der Waals surface area contributed by atoms with E-state index in [1.54, 1.807) is 0 Å². The van der Waals surface area contributed by atoms with Crippen LogP contribution in [0.4, 0.5) is 27.8 Å². The van der Waals surface area contributed by atoms with Gasteiger partial charge in [0.25, 0.3) is 6.43 Å². The second-order valence-electron chi connectivity index (χ2n) is 3.51. The van der Waals surface area contributed by atoms with E-state index in [0.29, 0.717) is 0 Å². The van der Waals surface area contributed by atoms with E-state index in [9.17, 15) is 36.9 Å². The number of aromatic nitrogens is 1. The van der Waals surface area contributed by atoms with Gasteiger partial charge < -0.3 is 20.0 Å². The van der Waals surface area contributed by atoms with Crippen LogP contribution in [0.2, 0.25) is 0 Å². The zero-order valence-electron chi connectivity index (χ0n) is 9.73. The average Bonchev–Trinajstić information content (AvgIpc) is 2.27. The largest absolute Gasteiger partial charge is 0.573 e. The Balaban J connectivity index is 3.55. The molecule has 0 aliphatic heterocycles. The maximum atomic E-state index is 12.8. The van der Waals surface area contributed by atoms with Crippen LogP contribution in [0.5, 0.6) is 5.75 Å². The molecule has 0 saturated heterocycles. The molecule has 0 radical (unpaired) electrons. The molecule has 1 heterocycles. The summed E-state index contributed by atoms with van der Waals surface area (Å²) in [7, 11) is 0. The first-order valence-corrected chi connectivity index (χ1v) is 4.94. The Kier molecular flexibility index (Phi) is 4.60. The number of halogens is 5. The van der Waals surface area contributed by atoms with E-state index in [0.717, 1.165) is 0 Å². The molecule has 0 bridgehead atoms. The van der Waals surface area contributed by atoms with E-state index in [2.05, 4.69) is 9.72 Å². The number of carboxylic acids is 1. The second-order valence-corrected chi connectivity index (χ2v) is 3.51. The SMILES string of the molecule is O=C(O)Cc1c(OC(F)(F)F)cnc([N+](=O)[O-])c1C(F)F. The number of carboxylic acid groups (broad SMARTS) is 1. The summed E-state index contributed by atoms with van der Waals surface area (Å²) in [6.45, 7) is 0. The minimum atomic E-state index is -5.30. The molecule has 0 aromatic carbocycles. The smallest absolute Gasteiger partial charge is 0.481 e. The molecule has 116 valence electrons. The Hall–Kier alpha value is -2.53. The highest BCUT2D eigenvalue weighted by Gasteiger charge is 2.37. The zero-order valence-corrected chi connectivity index (χ0v) is 9.73. The fraction of sp³-hybridized carbons (Fsp3) is 0.333. The van der Waals surface area contributed by atoms with Crippen molar-refractivity contribution >= 4 is 11.8 Å². The van der Waals surface area contributed by atoms with Gasteiger partial charge in [-0.3, -0.25) is 4.79 Å². The van der Waals surface area contributed by atoms with E-state index in [1.165, 1.54) is 0 Å². The highest BCUT2D eigenvalue weighted by atomic mass is 19.4.